The predicted octanol–water partition coefficient (Wildman–Crippen LogP) is 6.33. The summed E-state index contributed by atoms with van der Waals surface area (Å²) in [5.74, 6) is 1.12. The molecule has 0 saturated carbocycles. The number of nitrogens with zero attached hydrogens (tertiary/aromatic N) is 7. The Morgan fingerprint density at radius 3 is 2.44 bits per heavy atom. The smallest absolute Gasteiger partial charge is 0.259 e. The van der Waals surface area contributed by atoms with Crippen LogP contribution in [0.4, 0.5) is 5.95 Å². The summed E-state index contributed by atoms with van der Waals surface area (Å²) in [4.78, 5) is 26.3. The van der Waals surface area contributed by atoms with Crippen molar-refractivity contribution >= 4 is 64.0 Å². The summed E-state index contributed by atoms with van der Waals surface area (Å²) in [5.41, 5.74) is 2.58. The summed E-state index contributed by atoms with van der Waals surface area (Å²) in [6.45, 7) is 3.61. The highest BCUT2D eigenvalue weighted by molar-refractivity contribution is 6.39. The molecule has 1 aliphatic rings. The monoisotopic (exact) mass is 601 g/mol. The van der Waals surface area contributed by atoms with Gasteiger partial charge in [0.15, 0.2) is 0 Å². The second-order valence-corrected chi connectivity index (χ2v) is 10.6. The van der Waals surface area contributed by atoms with E-state index >= 15 is 0 Å². The second-order valence-electron chi connectivity index (χ2n) is 8.92. The first-order valence-electron chi connectivity index (χ1n) is 11.9. The molecule has 4 heterocycles. The number of piperazine rings is 1. The second kappa shape index (κ2) is 10.3. The van der Waals surface area contributed by atoms with Crippen LogP contribution < -0.4 is 4.90 Å². The molecule has 5 aromatic rings. The highest BCUT2D eigenvalue weighted by Gasteiger charge is 2.31. The first-order chi connectivity index (χ1) is 18.8. The van der Waals surface area contributed by atoms with Gasteiger partial charge in [-0.05, 0) is 43.3 Å². The minimum atomic E-state index is -0.207. The lowest BCUT2D eigenvalue weighted by Crippen LogP contribution is -2.49. The molecule has 0 radical (unpaired) electrons. The Labute approximate surface area is 242 Å². The fraction of sp³-hybridized carbons (Fsp3) is 0.192. The Bertz CT molecular complexity index is 1710. The molecule has 0 bridgehead atoms. The van der Waals surface area contributed by atoms with Crippen LogP contribution in [-0.4, -0.2) is 61.7 Å². The largest absolute Gasteiger partial charge is 0.360 e. The van der Waals surface area contributed by atoms with Gasteiger partial charge in [-0.3, -0.25) is 4.79 Å². The van der Waals surface area contributed by atoms with E-state index in [1.165, 1.54) is 0 Å². The van der Waals surface area contributed by atoms with E-state index in [4.69, 9.17) is 56.0 Å². The molecule has 39 heavy (non-hydrogen) atoms. The third kappa shape index (κ3) is 4.69. The molecule has 0 unspecified atom stereocenters. The number of anilines is 1. The summed E-state index contributed by atoms with van der Waals surface area (Å²) in [7, 11) is 0. The predicted molar refractivity (Wildman–Crippen MR) is 151 cm³/mol. The van der Waals surface area contributed by atoms with E-state index in [0.717, 1.165) is 5.56 Å². The van der Waals surface area contributed by atoms with Crippen LogP contribution in [0, 0.1) is 6.92 Å². The number of carbonyl (C=O) groups is 1. The molecule has 1 aliphatic heterocycles. The fourth-order valence-electron chi connectivity index (χ4n) is 4.60. The van der Waals surface area contributed by atoms with Gasteiger partial charge in [0.25, 0.3) is 11.7 Å². The van der Waals surface area contributed by atoms with Crippen LogP contribution in [0.5, 0.6) is 0 Å². The molecule has 0 aliphatic carbocycles. The minimum Gasteiger partial charge on any atom is -0.360 e. The van der Waals surface area contributed by atoms with E-state index in [-0.39, 0.29) is 5.91 Å². The third-order valence-corrected chi connectivity index (χ3v) is 7.75. The molecule has 1 fully saturated rings. The molecular weight excluding hydrogens is 584 g/mol. The first kappa shape index (κ1) is 25.9. The van der Waals surface area contributed by atoms with Crippen LogP contribution in [0.25, 0.3) is 28.3 Å². The van der Waals surface area contributed by atoms with Crippen LogP contribution in [-0.2, 0) is 0 Å². The molecule has 3 aromatic heterocycles. The Kier molecular flexibility index (Phi) is 6.84. The van der Waals surface area contributed by atoms with Gasteiger partial charge in [-0.1, -0.05) is 57.6 Å². The van der Waals surface area contributed by atoms with Crippen molar-refractivity contribution in [1.29, 1.82) is 0 Å². The topological polar surface area (TPSA) is 92.7 Å². The Morgan fingerprint density at radius 1 is 0.949 bits per heavy atom. The van der Waals surface area contributed by atoms with Crippen LogP contribution >= 0.6 is 46.4 Å². The van der Waals surface area contributed by atoms with Gasteiger partial charge in [-0.2, -0.15) is 9.50 Å². The van der Waals surface area contributed by atoms with Gasteiger partial charge in [0.2, 0.25) is 5.95 Å². The Hall–Kier alpha value is -3.37. The summed E-state index contributed by atoms with van der Waals surface area (Å²) < 4.78 is 7.03. The lowest BCUT2D eigenvalue weighted by atomic mass is 10.0. The van der Waals surface area contributed by atoms with Crippen LogP contribution in [0.3, 0.4) is 0 Å². The number of benzene rings is 2. The standard InChI is InChI=1S/C26H19Cl4N7O2/c1-14-21(23(34-39-14)22-18(29)3-2-4-19(22)30)24(38)35-9-11-36(12-10-35)26-32-25-31-8-7-20(37(25)33-26)16-13-15(27)5-6-17(16)28/h2-8,13H,9-12H2,1H3. The minimum absolute atomic E-state index is 0.207. The van der Waals surface area contributed by atoms with Crippen molar-refractivity contribution in [2.24, 2.45) is 0 Å². The molecular formula is C26H19Cl4N7O2. The van der Waals surface area contributed by atoms with E-state index in [2.05, 4.69) is 15.1 Å². The Balaban J connectivity index is 1.24. The van der Waals surface area contributed by atoms with Gasteiger partial charge in [0, 0.05) is 48.5 Å². The average molecular weight is 603 g/mol. The van der Waals surface area contributed by atoms with E-state index in [0.29, 0.717) is 86.3 Å². The van der Waals surface area contributed by atoms with E-state index in [1.54, 1.807) is 58.9 Å². The number of hydrogen-bond acceptors (Lipinski definition) is 7. The molecule has 1 amide bonds. The molecule has 13 heteroatoms. The summed E-state index contributed by atoms with van der Waals surface area (Å²) in [5, 5.41) is 10.7. The zero-order valence-corrected chi connectivity index (χ0v) is 23.4. The zero-order chi connectivity index (χ0) is 27.3. The number of aryl methyl sites for hydroxylation is 1. The molecule has 1 saturated heterocycles. The van der Waals surface area contributed by atoms with Crippen molar-refractivity contribution in [3.63, 3.8) is 0 Å². The van der Waals surface area contributed by atoms with Gasteiger partial charge in [0.05, 0.1) is 20.8 Å². The number of amides is 1. The average Bonchev–Trinajstić information content (AvgIpc) is 3.53. The lowest BCUT2D eigenvalue weighted by Gasteiger charge is -2.34. The SMILES string of the molecule is Cc1onc(-c2c(Cl)cccc2Cl)c1C(=O)N1CCN(c2nc3nccc(-c4cc(Cl)ccc4Cl)n3n2)CC1. The molecule has 198 valence electrons. The van der Waals surface area contributed by atoms with Gasteiger partial charge in [-0.25, -0.2) is 4.98 Å². The normalized spacial score (nSPS) is 13.9. The fourth-order valence-corrected chi connectivity index (χ4v) is 5.56. The molecule has 6 rings (SSSR count). The van der Waals surface area contributed by atoms with Gasteiger partial charge >= 0.3 is 0 Å². The summed E-state index contributed by atoms with van der Waals surface area (Å²) in [6, 6.07) is 12.2. The van der Waals surface area contributed by atoms with E-state index < -0.39 is 0 Å². The van der Waals surface area contributed by atoms with Crippen molar-refractivity contribution in [3.8, 4) is 22.5 Å². The molecule has 2 aromatic carbocycles. The van der Waals surface area contributed by atoms with Crippen molar-refractivity contribution in [1.82, 2.24) is 29.6 Å². The number of rotatable bonds is 4. The Morgan fingerprint density at radius 2 is 1.69 bits per heavy atom. The number of fused-ring (bicyclic) bond motifs is 1. The number of halogens is 4. The number of carbonyl (C=O) groups excluding carboxylic acids is 1. The maximum Gasteiger partial charge on any atom is 0.259 e. The summed E-state index contributed by atoms with van der Waals surface area (Å²) >= 11 is 25.4. The maximum absolute atomic E-state index is 13.6. The lowest BCUT2D eigenvalue weighted by molar-refractivity contribution is 0.0745. The van der Waals surface area contributed by atoms with Crippen molar-refractivity contribution in [2.75, 3.05) is 31.1 Å². The van der Waals surface area contributed by atoms with Crippen molar-refractivity contribution in [2.45, 2.75) is 6.92 Å². The third-order valence-electron chi connectivity index (χ3n) is 6.56. The van der Waals surface area contributed by atoms with Crippen LogP contribution in [0.15, 0.2) is 53.2 Å². The van der Waals surface area contributed by atoms with Gasteiger partial charge < -0.3 is 14.3 Å². The van der Waals surface area contributed by atoms with E-state index in [1.807, 2.05) is 11.0 Å². The van der Waals surface area contributed by atoms with Crippen molar-refractivity contribution in [3.05, 3.63) is 80.1 Å². The first-order valence-corrected chi connectivity index (χ1v) is 13.4. The van der Waals surface area contributed by atoms with Gasteiger partial charge in [0.1, 0.15) is 17.0 Å². The highest BCUT2D eigenvalue weighted by atomic mass is 35.5. The maximum atomic E-state index is 13.6. The molecule has 9 nitrogen and oxygen atoms in total. The van der Waals surface area contributed by atoms with Crippen molar-refractivity contribution < 1.29 is 9.32 Å². The summed E-state index contributed by atoms with van der Waals surface area (Å²) in [6.07, 6.45) is 1.65. The molecule has 0 N–H and O–H groups in total. The zero-order valence-electron chi connectivity index (χ0n) is 20.4. The van der Waals surface area contributed by atoms with Crippen LogP contribution in [0.2, 0.25) is 20.1 Å². The molecule has 0 spiro atoms. The van der Waals surface area contributed by atoms with E-state index in [9.17, 15) is 4.79 Å². The molecule has 0 atom stereocenters. The van der Waals surface area contributed by atoms with Crippen LogP contribution in [0.1, 0.15) is 16.1 Å². The van der Waals surface area contributed by atoms with Gasteiger partial charge in [-0.15, -0.1) is 5.10 Å². The quantitative estimate of drug-likeness (QED) is 0.237. The highest BCUT2D eigenvalue weighted by Crippen LogP contribution is 2.37. The number of aromatic nitrogens is 5. The number of hydrogen-bond donors (Lipinski definition) is 0.